The summed E-state index contributed by atoms with van der Waals surface area (Å²) in [5.74, 6) is 0. The molecule has 0 saturated carbocycles. The van der Waals surface area contributed by atoms with Gasteiger partial charge in [0.05, 0.1) is 0 Å². The van der Waals surface area contributed by atoms with Crippen LogP contribution in [0.2, 0.25) is 0 Å². The van der Waals surface area contributed by atoms with E-state index in [0.717, 1.165) is 17.7 Å². The van der Waals surface area contributed by atoms with Crippen LogP contribution in [0.4, 0.5) is 0 Å². The van der Waals surface area contributed by atoms with Crippen molar-refractivity contribution in [3.8, 4) is 11.1 Å². The topological polar surface area (TPSA) is 37.8 Å². The molecular formula is C12H13N3. The molecule has 0 radical (unpaired) electrons. The SMILES string of the molecule is CNCc1cncc(-c2ccncc2)c1. The smallest absolute Gasteiger partial charge is 0.0346 e. The van der Waals surface area contributed by atoms with Gasteiger partial charge in [0.15, 0.2) is 0 Å². The maximum atomic E-state index is 4.22. The molecule has 0 fully saturated rings. The molecule has 3 nitrogen and oxygen atoms in total. The van der Waals surface area contributed by atoms with E-state index in [1.165, 1.54) is 5.56 Å². The summed E-state index contributed by atoms with van der Waals surface area (Å²) in [4.78, 5) is 8.22. The number of rotatable bonds is 3. The summed E-state index contributed by atoms with van der Waals surface area (Å²) in [5, 5.41) is 3.11. The van der Waals surface area contributed by atoms with Crippen molar-refractivity contribution in [2.75, 3.05) is 7.05 Å². The molecule has 0 amide bonds. The first-order valence-electron chi connectivity index (χ1n) is 4.89. The number of nitrogens with one attached hydrogen (secondary N) is 1. The van der Waals surface area contributed by atoms with E-state index in [-0.39, 0.29) is 0 Å². The van der Waals surface area contributed by atoms with Crippen molar-refractivity contribution in [1.82, 2.24) is 15.3 Å². The summed E-state index contributed by atoms with van der Waals surface area (Å²) >= 11 is 0. The lowest BCUT2D eigenvalue weighted by atomic mass is 10.1. The summed E-state index contributed by atoms with van der Waals surface area (Å²) in [6.45, 7) is 0.839. The van der Waals surface area contributed by atoms with Crippen molar-refractivity contribution in [2.24, 2.45) is 0 Å². The Hall–Kier alpha value is -1.74. The number of hydrogen-bond donors (Lipinski definition) is 1. The Balaban J connectivity index is 2.33. The fourth-order valence-corrected chi connectivity index (χ4v) is 1.49. The van der Waals surface area contributed by atoms with Crippen LogP contribution >= 0.6 is 0 Å². The second-order valence-electron chi connectivity index (χ2n) is 3.35. The Labute approximate surface area is 89.2 Å². The quantitative estimate of drug-likeness (QED) is 0.820. The normalized spacial score (nSPS) is 10.2. The molecule has 0 aliphatic rings. The Morgan fingerprint density at radius 3 is 2.60 bits per heavy atom. The van der Waals surface area contributed by atoms with Crippen LogP contribution in [0.3, 0.4) is 0 Å². The van der Waals surface area contributed by atoms with Gasteiger partial charge in [-0.15, -0.1) is 0 Å². The zero-order chi connectivity index (χ0) is 10.5. The second kappa shape index (κ2) is 4.66. The Bertz CT molecular complexity index is 426. The first-order valence-corrected chi connectivity index (χ1v) is 4.89. The number of aromatic nitrogens is 2. The first-order chi connectivity index (χ1) is 7.40. The molecule has 0 unspecified atom stereocenters. The van der Waals surface area contributed by atoms with Crippen molar-refractivity contribution in [2.45, 2.75) is 6.54 Å². The van der Waals surface area contributed by atoms with E-state index >= 15 is 0 Å². The number of pyridine rings is 2. The van der Waals surface area contributed by atoms with Crippen LogP contribution in [0.25, 0.3) is 11.1 Å². The lowest BCUT2D eigenvalue weighted by Crippen LogP contribution is -2.05. The number of hydrogen-bond acceptors (Lipinski definition) is 3. The van der Waals surface area contributed by atoms with E-state index in [1.807, 2.05) is 31.6 Å². The van der Waals surface area contributed by atoms with Crippen molar-refractivity contribution in [3.05, 3.63) is 48.5 Å². The molecule has 1 N–H and O–H groups in total. The van der Waals surface area contributed by atoms with Gasteiger partial charge in [0.2, 0.25) is 0 Å². The molecule has 2 aromatic heterocycles. The zero-order valence-corrected chi connectivity index (χ0v) is 8.64. The molecule has 0 saturated heterocycles. The molecule has 2 heterocycles. The molecule has 0 spiro atoms. The van der Waals surface area contributed by atoms with Gasteiger partial charge < -0.3 is 5.32 Å². The van der Waals surface area contributed by atoms with E-state index in [2.05, 4.69) is 21.4 Å². The van der Waals surface area contributed by atoms with Gasteiger partial charge in [-0.05, 0) is 36.4 Å². The van der Waals surface area contributed by atoms with Gasteiger partial charge in [0, 0.05) is 36.9 Å². The van der Waals surface area contributed by atoms with Crippen molar-refractivity contribution in [1.29, 1.82) is 0 Å². The van der Waals surface area contributed by atoms with Crippen LogP contribution < -0.4 is 5.32 Å². The largest absolute Gasteiger partial charge is 0.316 e. The van der Waals surface area contributed by atoms with Gasteiger partial charge >= 0.3 is 0 Å². The molecule has 0 aromatic carbocycles. The second-order valence-corrected chi connectivity index (χ2v) is 3.35. The standard InChI is InChI=1S/C12H13N3/c1-13-7-10-6-12(9-15-8-10)11-2-4-14-5-3-11/h2-6,8-9,13H,7H2,1H3. The summed E-state index contributed by atoms with van der Waals surface area (Å²) in [5.41, 5.74) is 3.47. The van der Waals surface area contributed by atoms with Gasteiger partial charge in [-0.3, -0.25) is 9.97 Å². The summed E-state index contributed by atoms with van der Waals surface area (Å²) in [6.07, 6.45) is 7.33. The van der Waals surface area contributed by atoms with Crippen molar-refractivity contribution >= 4 is 0 Å². The highest BCUT2D eigenvalue weighted by molar-refractivity contribution is 5.62. The van der Waals surface area contributed by atoms with Crippen LogP contribution in [0.5, 0.6) is 0 Å². The third kappa shape index (κ3) is 2.39. The fourth-order valence-electron chi connectivity index (χ4n) is 1.49. The molecule has 0 atom stereocenters. The van der Waals surface area contributed by atoms with Crippen LogP contribution in [-0.2, 0) is 6.54 Å². The highest BCUT2D eigenvalue weighted by Gasteiger charge is 1.98. The average molecular weight is 199 g/mol. The summed E-state index contributed by atoms with van der Waals surface area (Å²) in [6, 6.07) is 6.11. The Morgan fingerprint density at radius 1 is 1.07 bits per heavy atom. The molecule has 15 heavy (non-hydrogen) atoms. The van der Waals surface area contributed by atoms with E-state index in [9.17, 15) is 0 Å². The van der Waals surface area contributed by atoms with E-state index in [0.29, 0.717) is 0 Å². The average Bonchev–Trinajstić information content (AvgIpc) is 2.31. The van der Waals surface area contributed by atoms with Crippen LogP contribution in [0.1, 0.15) is 5.56 Å². The summed E-state index contributed by atoms with van der Waals surface area (Å²) in [7, 11) is 1.93. The Morgan fingerprint density at radius 2 is 1.87 bits per heavy atom. The molecule has 0 bridgehead atoms. The molecule has 0 aliphatic carbocycles. The predicted octanol–water partition coefficient (Wildman–Crippen LogP) is 1.86. The minimum atomic E-state index is 0.839. The lowest BCUT2D eigenvalue weighted by molar-refractivity contribution is 0.813. The van der Waals surface area contributed by atoms with Crippen molar-refractivity contribution in [3.63, 3.8) is 0 Å². The lowest BCUT2D eigenvalue weighted by Gasteiger charge is -2.03. The van der Waals surface area contributed by atoms with Gasteiger partial charge in [-0.1, -0.05) is 0 Å². The Kier molecular flexibility index (Phi) is 3.05. The molecule has 2 rings (SSSR count). The minimum absolute atomic E-state index is 0.839. The van der Waals surface area contributed by atoms with Gasteiger partial charge in [0.1, 0.15) is 0 Å². The van der Waals surface area contributed by atoms with Gasteiger partial charge in [0.25, 0.3) is 0 Å². The highest BCUT2D eigenvalue weighted by Crippen LogP contribution is 2.17. The summed E-state index contributed by atoms with van der Waals surface area (Å²) < 4.78 is 0. The third-order valence-electron chi connectivity index (χ3n) is 2.19. The van der Waals surface area contributed by atoms with E-state index in [1.54, 1.807) is 12.4 Å². The van der Waals surface area contributed by atoms with Gasteiger partial charge in [-0.2, -0.15) is 0 Å². The molecule has 76 valence electrons. The molecule has 0 aliphatic heterocycles. The van der Waals surface area contributed by atoms with E-state index in [4.69, 9.17) is 0 Å². The van der Waals surface area contributed by atoms with Crippen LogP contribution in [0.15, 0.2) is 43.0 Å². The minimum Gasteiger partial charge on any atom is -0.316 e. The van der Waals surface area contributed by atoms with Crippen molar-refractivity contribution < 1.29 is 0 Å². The zero-order valence-electron chi connectivity index (χ0n) is 8.64. The molecule has 3 heteroatoms. The predicted molar refractivity (Wildman–Crippen MR) is 60.2 cm³/mol. The first kappa shape index (κ1) is 9.80. The van der Waals surface area contributed by atoms with E-state index < -0.39 is 0 Å². The fraction of sp³-hybridized carbons (Fsp3) is 0.167. The third-order valence-corrected chi connectivity index (χ3v) is 2.19. The molecular weight excluding hydrogens is 186 g/mol. The molecule has 2 aromatic rings. The van der Waals surface area contributed by atoms with Crippen LogP contribution in [-0.4, -0.2) is 17.0 Å². The van der Waals surface area contributed by atoms with Crippen LogP contribution in [0, 0.1) is 0 Å². The highest BCUT2D eigenvalue weighted by atomic mass is 14.8. The number of nitrogens with zero attached hydrogens (tertiary/aromatic N) is 2. The maximum Gasteiger partial charge on any atom is 0.0346 e. The maximum absolute atomic E-state index is 4.22. The van der Waals surface area contributed by atoms with Gasteiger partial charge in [-0.25, -0.2) is 0 Å². The monoisotopic (exact) mass is 199 g/mol.